The zero-order chi connectivity index (χ0) is 16.1. The summed E-state index contributed by atoms with van der Waals surface area (Å²) in [5.74, 6) is 1.28. The lowest BCUT2D eigenvalue weighted by Crippen LogP contribution is -2.05. The average Bonchev–Trinajstić information content (AvgIpc) is 2.47. The van der Waals surface area contributed by atoms with E-state index < -0.39 is 0 Å². The Balaban J connectivity index is 2.63. The highest BCUT2D eigenvalue weighted by atomic mass is 16.5. The minimum atomic E-state index is 0.00581. The van der Waals surface area contributed by atoms with Gasteiger partial charge in [-0.15, -0.1) is 0 Å². The molecule has 0 fully saturated rings. The SMILES string of the molecule is CCOc1cc(OCC)cc(-c2nc(N)nc(N)c2C#N)c1. The number of hydrogen-bond acceptors (Lipinski definition) is 7. The molecule has 0 unspecified atom stereocenters. The smallest absolute Gasteiger partial charge is 0.222 e. The first-order valence-corrected chi connectivity index (χ1v) is 6.83. The summed E-state index contributed by atoms with van der Waals surface area (Å²) in [5, 5.41) is 9.28. The van der Waals surface area contributed by atoms with Gasteiger partial charge in [0.05, 0.1) is 18.9 Å². The van der Waals surface area contributed by atoms with Crippen molar-refractivity contribution in [3.8, 4) is 28.8 Å². The van der Waals surface area contributed by atoms with Crippen LogP contribution in [0.3, 0.4) is 0 Å². The highest BCUT2D eigenvalue weighted by molar-refractivity contribution is 5.74. The molecule has 0 amide bonds. The van der Waals surface area contributed by atoms with Gasteiger partial charge in [-0.2, -0.15) is 10.2 Å². The zero-order valence-electron chi connectivity index (χ0n) is 12.5. The lowest BCUT2D eigenvalue weighted by Gasteiger charge is -2.12. The first-order chi connectivity index (χ1) is 10.6. The number of aromatic nitrogens is 2. The van der Waals surface area contributed by atoms with Crippen LogP contribution in [-0.2, 0) is 0 Å². The number of anilines is 2. The van der Waals surface area contributed by atoms with Crippen molar-refractivity contribution in [3.63, 3.8) is 0 Å². The van der Waals surface area contributed by atoms with Gasteiger partial charge < -0.3 is 20.9 Å². The molecule has 1 aromatic carbocycles. The average molecular weight is 299 g/mol. The molecule has 7 heteroatoms. The van der Waals surface area contributed by atoms with Crippen molar-refractivity contribution in [2.75, 3.05) is 24.7 Å². The van der Waals surface area contributed by atoms with Crippen LogP contribution in [0, 0.1) is 11.3 Å². The maximum absolute atomic E-state index is 9.28. The fourth-order valence-corrected chi connectivity index (χ4v) is 2.02. The van der Waals surface area contributed by atoms with E-state index in [4.69, 9.17) is 20.9 Å². The minimum Gasteiger partial charge on any atom is -0.494 e. The summed E-state index contributed by atoms with van der Waals surface area (Å²) in [5.41, 5.74) is 12.5. The minimum absolute atomic E-state index is 0.00581. The Hall–Kier alpha value is -3.01. The fourth-order valence-electron chi connectivity index (χ4n) is 2.02. The van der Waals surface area contributed by atoms with Crippen LogP contribution < -0.4 is 20.9 Å². The van der Waals surface area contributed by atoms with Gasteiger partial charge in [0, 0.05) is 11.6 Å². The van der Waals surface area contributed by atoms with E-state index in [9.17, 15) is 5.26 Å². The molecule has 7 nitrogen and oxygen atoms in total. The van der Waals surface area contributed by atoms with Gasteiger partial charge in [0.1, 0.15) is 28.9 Å². The van der Waals surface area contributed by atoms with Crippen molar-refractivity contribution in [1.29, 1.82) is 5.26 Å². The number of nitrogens with zero attached hydrogens (tertiary/aromatic N) is 3. The maximum Gasteiger partial charge on any atom is 0.222 e. The molecular weight excluding hydrogens is 282 g/mol. The molecule has 0 saturated carbocycles. The van der Waals surface area contributed by atoms with Crippen LogP contribution in [0.1, 0.15) is 19.4 Å². The standard InChI is InChI=1S/C15H17N5O2/c1-3-21-10-5-9(6-11(7-10)22-4-2)13-12(8-16)14(17)20-15(18)19-13/h5-7H,3-4H2,1-2H3,(H4,17,18,19,20). The van der Waals surface area contributed by atoms with Crippen molar-refractivity contribution >= 4 is 11.8 Å². The van der Waals surface area contributed by atoms with Gasteiger partial charge in [-0.3, -0.25) is 0 Å². The molecule has 0 aliphatic rings. The normalized spacial score (nSPS) is 10.0. The number of nitrogen functional groups attached to an aromatic ring is 2. The van der Waals surface area contributed by atoms with Gasteiger partial charge in [-0.1, -0.05) is 0 Å². The Bertz CT molecular complexity index is 700. The van der Waals surface area contributed by atoms with Crippen LogP contribution in [0.5, 0.6) is 11.5 Å². The lowest BCUT2D eigenvalue weighted by molar-refractivity contribution is 0.323. The molecule has 1 aromatic heterocycles. The maximum atomic E-state index is 9.28. The molecule has 0 saturated heterocycles. The second-order valence-corrected chi connectivity index (χ2v) is 4.36. The predicted molar refractivity (Wildman–Crippen MR) is 83.3 cm³/mol. The Kier molecular flexibility index (Phi) is 4.63. The van der Waals surface area contributed by atoms with E-state index in [-0.39, 0.29) is 17.3 Å². The van der Waals surface area contributed by atoms with Gasteiger partial charge in [0.2, 0.25) is 5.95 Å². The third-order valence-electron chi connectivity index (χ3n) is 2.84. The van der Waals surface area contributed by atoms with Gasteiger partial charge in [-0.05, 0) is 26.0 Å². The van der Waals surface area contributed by atoms with Gasteiger partial charge in [0.25, 0.3) is 0 Å². The summed E-state index contributed by atoms with van der Waals surface area (Å²) < 4.78 is 11.0. The molecule has 0 spiro atoms. The number of nitriles is 1. The molecule has 0 radical (unpaired) electrons. The first-order valence-electron chi connectivity index (χ1n) is 6.83. The number of hydrogen-bond donors (Lipinski definition) is 2. The van der Waals surface area contributed by atoms with E-state index in [1.165, 1.54) is 0 Å². The molecule has 1 heterocycles. The summed E-state index contributed by atoms with van der Waals surface area (Å²) in [6, 6.07) is 7.30. The van der Waals surface area contributed by atoms with E-state index in [2.05, 4.69) is 9.97 Å². The van der Waals surface area contributed by atoms with Gasteiger partial charge in [0.15, 0.2) is 0 Å². The summed E-state index contributed by atoms with van der Waals surface area (Å²) in [7, 11) is 0. The molecule has 0 aliphatic carbocycles. The van der Waals surface area contributed by atoms with E-state index in [1.807, 2.05) is 19.9 Å². The van der Waals surface area contributed by atoms with Crippen LogP contribution in [-0.4, -0.2) is 23.2 Å². The fraction of sp³-hybridized carbons (Fsp3) is 0.267. The van der Waals surface area contributed by atoms with Crippen molar-refractivity contribution in [1.82, 2.24) is 9.97 Å². The third kappa shape index (κ3) is 3.17. The molecule has 22 heavy (non-hydrogen) atoms. The Morgan fingerprint density at radius 3 is 2.14 bits per heavy atom. The molecule has 0 bridgehead atoms. The summed E-state index contributed by atoms with van der Waals surface area (Å²) >= 11 is 0. The summed E-state index contributed by atoms with van der Waals surface area (Å²) in [6.45, 7) is 4.78. The van der Waals surface area contributed by atoms with Crippen LogP contribution in [0.25, 0.3) is 11.3 Å². The Morgan fingerprint density at radius 1 is 1.05 bits per heavy atom. The van der Waals surface area contributed by atoms with E-state index in [0.29, 0.717) is 36.0 Å². The van der Waals surface area contributed by atoms with Gasteiger partial charge in [-0.25, -0.2) is 4.98 Å². The van der Waals surface area contributed by atoms with Crippen LogP contribution in [0.2, 0.25) is 0 Å². The van der Waals surface area contributed by atoms with Crippen LogP contribution >= 0.6 is 0 Å². The highest BCUT2D eigenvalue weighted by Crippen LogP contribution is 2.32. The number of nitrogens with two attached hydrogens (primary N) is 2. The molecular formula is C15H17N5O2. The summed E-state index contributed by atoms with van der Waals surface area (Å²) in [6.07, 6.45) is 0. The largest absolute Gasteiger partial charge is 0.494 e. The number of rotatable bonds is 5. The molecule has 2 aromatic rings. The second kappa shape index (κ2) is 6.63. The van der Waals surface area contributed by atoms with E-state index >= 15 is 0 Å². The first kappa shape index (κ1) is 15.4. The van der Waals surface area contributed by atoms with E-state index in [1.54, 1.807) is 18.2 Å². The number of ether oxygens (including phenoxy) is 2. The summed E-state index contributed by atoms with van der Waals surface area (Å²) in [4.78, 5) is 7.94. The quantitative estimate of drug-likeness (QED) is 0.865. The number of benzene rings is 1. The zero-order valence-corrected chi connectivity index (χ0v) is 12.5. The monoisotopic (exact) mass is 299 g/mol. The van der Waals surface area contributed by atoms with Crippen molar-refractivity contribution in [3.05, 3.63) is 23.8 Å². The molecule has 0 aliphatic heterocycles. The van der Waals surface area contributed by atoms with Crippen LogP contribution in [0.4, 0.5) is 11.8 Å². The molecule has 0 atom stereocenters. The van der Waals surface area contributed by atoms with E-state index in [0.717, 1.165) is 0 Å². The second-order valence-electron chi connectivity index (χ2n) is 4.36. The molecule has 4 N–H and O–H groups in total. The van der Waals surface area contributed by atoms with Crippen molar-refractivity contribution in [2.45, 2.75) is 13.8 Å². The lowest BCUT2D eigenvalue weighted by atomic mass is 10.1. The van der Waals surface area contributed by atoms with Crippen LogP contribution in [0.15, 0.2) is 18.2 Å². The van der Waals surface area contributed by atoms with Crippen molar-refractivity contribution in [2.24, 2.45) is 0 Å². The topological polar surface area (TPSA) is 120 Å². The Morgan fingerprint density at radius 2 is 1.64 bits per heavy atom. The third-order valence-corrected chi connectivity index (χ3v) is 2.84. The Labute approximate surface area is 128 Å². The van der Waals surface area contributed by atoms with Gasteiger partial charge >= 0.3 is 0 Å². The molecule has 2 rings (SSSR count). The molecule has 114 valence electrons. The highest BCUT2D eigenvalue weighted by Gasteiger charge is 2.15. The predicted octanol–water partition coefficient (Wildman–Crippen LogP) is 1.98. The van der Waals surface area contributed by atoms with Crippen molar-refractivity contribution < 1.29 is 9.47 Å².